The molecule has 3 rings (SSSR count). The molecule has 2 aromatic heterocycles. The molecule has 5 nitrogen and oxygen atoms in total. The standard InChI is InChI=1S/C20H25N3O2/c1-14(2)13-24-18-7-5-4-6-16(18)10-21-11-17-12-22-23-20(17)19-9-8-15(3)25-19/h4-9,12,14,21H,10-11,13H2,1-3H3,(H,22,23). The Morgan fingerprint density at radius 1 is 1.12 bits per heavy atom. The predicted molar refractivity (Wildman–Crippen MR) is 98.3 cm³/mol. The zero-order chi connectivity index (χ0) is 17.6. The van der Waals surface area contributed by atoms with Gasteiger partial charge in [-0.25, -0.2) is 0 Å². The van der Waals surface area contributed by atoms with Crippen LogP contribution in [-0.2, 0) is 13.1 Å². The van der Waals surface area contributed by atoms with Gasteiger partial charge in [-0.15, -0.1) is 0 Å². The fourth-order valence-electron chi connectivity index (χ4n) is 2.61. The third-order valence-electron chi connectivity index (χ3n) is 3.88. The second kappa shape index (κ2) is 8.03. The molecule has 0 saturated heterocycles. The number of ether oxygens (including phenoxy) is 1. The molecular weight excluding hydrogens is 314 g/mol. The molecule has 0 unspecified atom stereocenters. The minimum Gasteiger partial charge on any atom is -0.493 e. The third-order valence-corrected chi connectivity index (χ3v) is 3.88. The number of furan rings is 1. The molecule has 0 spiro atoms. The number of aromatic nitrogens is 2. The Labute approximate surface area is 148 Å². The van der Waals surface area contributed by atoms with Crippen LogP contribution in [0.15, 0.2) is 47.0 Å². The van der Waals surface area contributed by atoms with E-state index >= 15 is 0 Å². The van der Waals surface area contributed by atoms with Crippen molar-refractivity contribution in [3.05, 3.63) is 59.5 Å². The molecule has 0 bridgehead atoms. The van der Waals surface area contributed by atoms with Gasteiger partial charge in [0.2, 0.25) is 0 Å². The van der Waals surface area contributed by atoms with Crippen LogP contribution in [0.25, 0.3) is 11.5 Å². The minimum absolute atomic E-state index is 0.506. The number of aryl methyl sites for hydroxylation is 1. The van der Waals surface area contributed by atoms with Gasteiger partial charge in [-0.1, -0.05) is 32.0 Å². The highest BCUT2D eigenvalue weighted by molar-refractivity contribution is 5.56. The monoisotopic (exact) mass is 339 g/mol. The molecule has 2 heterocycles. The van der Waals surface area contributed by atoms with Crippen LogP contribution in [-0.4, -0.2) is 16.8 Å². The minimum atomic E-state index is 0.506. The Hall–Kier alpha value is -2.53. The maximum absolute atomic E-state index is 5.91. The smallest absolute Gasteiger partial charge is 0.152 e. The molecule has 0 aliphatic heterocycles. The van der Waals surface area contributed by atoms with Crippen molar-refractivity contribution in [2.75, 3.05) is 6.61 Å². The van der Waals surface area contributed by atoms with Gasteiger partial charge in [0.15, 0.2) is 5.76 Å². The van der Waals surface area contributed by atoms with Crippen LogP contribution in [0, 0.1) is 12.8 Å². The van der Waals surface area contributed by atoms with Gasteiger partial charge in [0, 0.05) is 24.2 Å². The molecular formula is C20H25N3O2. The number of H-pyrrole nitrogens is 1. The number of para-hydroxylation sites is 1. The van der Waals surface area contributed by atoms with E-state index in [2.05, 4.69) is 35.4 Å². The van der Waals surface area contributed by atoms with E-state index in [9.17, 15) is 0 Å². The molecule has 5 heteroatoms. The van der Waals surface area contributed by atoms with E-state index in [4.69, 9.17) is 9.15 Å². The predicted octanol–water partition coefficient (Wildman–Crippen LogP) is 4.30. The third kappa shape index (κ3) is 4.51. The van der Waals surface area contributed by atoms with Crippen LogP contribution in [0.5, 0.6) is 5.75 Å². The molecule has 0 amide bonds. The van der Waals surface area contributed by atoms with Gasteiger partial charge in [0.1, 0.15) is 17.2 Å². The van der Waals surface area contributed by atoms with Crippen molar-refractivity contribution in [2.24, 2.45) is 5.92 Å². The molecule has 3 aromatic rings. The normalized spacial score (nSPS) is 11.2. The van der Waals surface area contributed by atoms with Crippen LogP contribution in [0.3, 0.4) is 0 Å². The van der Waals surface area contributed by atoms with E-state index in [1.54, 1.807) is 0 Å². The maximum Gasteiger partial charge on any atom is 0.152 e. The van der Waals surface area contributed by atoms with Crippen molar-refractivity contribution in [3.63, 3.8) is 0 Å². The first-order valence-corrected chi connectivity index (χ1v) is 8.64. The first-order chi connectivity index (χ1) is 12.1. The van der Waals surface area contributed by atoms with E-state index in [1.807, 2.05) is 43.5 Å². The summed E-state index contributed by atoms with van der Waals surface area (Å²) in [7, 11) is 0. The van der Waals surface area contributed by atoms with Crippen LogP contribution in [0.1, 0.15) is 30.7 Å². The molecule has 0 atom stereocenters. The SMILES string of the molecule is Cc1ccc(-c2[nH]ncc2CNCc2ccccc2OCC(C)C)o1. The Kier molecular flexibility index (Phi) is 5.56. The Balaban J connectivity index is 1.62. The zero-order valence-electron chi connectivity index (χ0n) is 15.0. The molecule has 25 heavy (non-hydrogen) atoms. The van der Waals surface area contributed by atoms with E-state index in [0.717, 1.165) is 47.2 Å². The van der Waals surface area contributed by atoms with Gasteiger partial charge >= 0.3 is 0 Å². The Bertz CT molecular complexity index is 805. The van der Waals surface area contributed by atoms with Gasteiger partial charge in [-0.2, -0.15) is 5.10 Å². The lowest BCUT2D eigenvalue weighted by molar-refractivity contribution is 0.268. The summed E-state index contributed by atoms with van der Waals surface area (Å²) in [5.41, 5.74) is 3.15. The number of hydrogen-bond acceptors (Lipinski definition) is 4. The van der Waals surface area contributed by atoms with Gasteiger partial charge < -0.3 is 14.5 Å². The van der Waals surface area contributed by atoms with Crippen molar-refractivity contribution in [3.8, 4) is 17.2 Å². The number of nitrogens with one attached hydrogen (secondary N) is 2. The molecule has 2 N–H and O–H groups in total. The zero-order valence-corrected chi connectivity index (χ0v) is 15.0. The molecule has 0 radical (unpaired) electrons. The highest BCUT2D eigenvalue weighted by atomic mass is 16.5. The number of rotatable bonds is 8. The summed E-state index contributed by atoms with van der Waals surface area (Å²) in [6, 6.07) is 12.1. The van der Waals surface area contributed by atoms with E-state index in [1.165, 1.54) is 0 Å². The van der Waals surface area contributed by atoms with Crippen molar-refractivity contribution >= 4 is 0 Å². The largest absolute Gasteiger partial charge is 0.493 e. The first kappa shape index (κ1) is 17.3. The summed E-state index contributed by atoms with van der Waals surface area (Å²) in [6.07, 6.45) is 1.83. The highest BCUT2D eigenvalue weighted by Crippen LogP contribution is 2.24. The van der Waals surface area contributed by atoms with Crippen molar-refractivity contribution < 1.29 is 9.15 Å². The highest BCUT2D eigenvalue weighted by Gasteiger charge is 2.11. The second-order valence-corrected chi connectivity index (χ2v) is 6.60. The number of aromatic amines is 1. The van der Waals surface area contributed by atoms with Crippen LogP contribution >= 0.6 is 0 Å². The van der Waals surface area contributed by atoms with Gasteiger partial charge in [-0.05, 0) is 31.0 Å². The van der Waals surface area contributed by atoms with Crippen LogP contribution in [0.4, 0.5) is 0 Å². The van der Waals surface area contributed by atoms with Crippen LogP contribution < -0.4 is 10.1 Å². The van der Waals surface area contributed by atoms with E-state index < -0.39 is 0 Å². The van der Waals surface area contributed by atoms with Crippen LogP contribution in [0.2, 0.25) is 0 Å². The van der Waals surface area contributed by atoms with Gasteiger partial charge in [-0.3, -0.25) is 5.10 Å². The average molecular weight is 339 g/mol. The number of hydrogen-bond donors (Lipinski definition) is 2. The topological polar surface area (TPSA) is 63.1 Å². The van der Waals surface area contributed by atoms with Crippen molar-refractivity contribution in [2.45, 2.75) is 33.9 Å². The summed E-state index contributed by atoms with van der Waals surface area (Å²) < 4.78 is 11.6. The summed E-state index contributed by atoms with van der Waals surface area (Å²) in [5.74, 6) is 3.15. The lowest BCUT2D eigenvalue weighted by Gasteiger charge is -2.13. The Morgan fingerprint density at radius 3 is 2.68 bits per heavy atom. The number of nitrogens with zero attached hydrogens (tertiary/aromatic N) is 1. The Morgan fingerprint density at radius 2 is 1.92 bits per heavy atom. The maximum atomic E-state index is 5.91. The summed E-state index contributed by atoms with van der Waals surface area (Å²) in [5, 5.41) is 10.6. The fraction of sp³-hybridized carbons (Fsp3) is 0.350. The summed E-state index contributed by atoms with van der Waals surface area (Å²) >= 11 is 0. The van der Waals surface area contributed by atoms with Crippen molar-refractivity contribution in [1.29, 1.82) is 0 Å². The lowest BCUT2D eigenvalue weighted by atomic mass is 10.1. The lowest BCUT2D eigenvalue weighted by Crippen LogP contribution is -2.14. The molecule has 0 aliphatic rings. The summed E-state index contributed by atoms with van der Waals surface area (Å²) in [6.45, 7) is 8.39. The second-order valence-electron chi connectivity index (χ2n) is 6.60. The summed E-state index contributed by atoms with van der Waals surface area (Å²) in [4.78, 5) is 0. The van der Waals surface area contributed by atoms with E-state index in [0.29, 0.717) is 12.5 Å². The molecule has 0 saturated carbocycles. The average Bonchev–Trinajstić information content (AvgIpc) is 3.22. The molecule has 0 fully saturated rings. The molecule has 0 aliphatic carbocycles. The number of benzene rings is 1. The van der Waals surface area contributed by atoms with Crippen molar-refractivity contribution in [1.82, 2.24) is 15.5 Å². The van der Waals surface area contributed by atoms with E-state index in [-0.39, 0.29) is 0 Å². The quantitative estimate of drug-likeness (QED) is 0.642. The first-order valence-electron chi connectivity index (χ1n) is 8.64. The van der Waals surface area contributed by atoms with Gasteiger partial charge in [0.25, 0.3) is 0 Å². The fourth-order valence-corrected chi connectivity index (χ4v) is 2.61. The molecule has 132 valence electrons. The molecule has 1 aromatic carbocycles. The van der Waals surface area contributed by atoms with Gasteiger partial charge in [0.05, 0.1) is 12.8 Å².